The summed E-state index contributed by atoms with van der Waals surface area (Å²) in [5.41, 5.74) is -0.421. The summed E-state index contributed by atoms with van der Waals surface area (Å²) < 4.78 is 26.8. The van der Waals surface area contributed by atoms with Crippen LogP contribution < -0.4 is 5.32 Å². The van der Waals surface area contributed by atoms with Crippen LogP contribution in [0.4, 0.5) is 8.78 Å². The number of rotatable bonds is 7. The topological polar surface area (TPSA) is 52.6 Å². The Morgan fingerprint density at radius 1 is 1.30 bits per heavy atom. The predicted octanol–water partition coefficient (Wildman–Crippen LogP) is 1.46. The molecule has 0 saturated carbocycles. The average molecular weight is 286 g/mol. The molecule has 2 N–H and O–H groups in total. The highest BCUT2D eigenvalue weighted by Crippen LogP contribution is 2.19. The van der Waals surface area contributed by atoms with E-state index in [1.807, 2.05) is 18.7 Å². The van der Waals surface area contributed by atoms with Crippen molar-refractivity contribution in [3.05, 3.63) is 35.4 Å². The number of amides is 1. The number of aliphatic hydroxyl groups is 1. The summed E-state index contributed by atoms with van der Waals surface area (Å²) in [6.45, 7) is 5.29. The molecule has 0 fully saturated rings. The number of likely N-dealkylation sites (N-methyl/N-ethyl adjacent to an activating group) is 1. The van der Waals surface area contributed by atoms with E-state index < -0.39 is 23.3 Å². The number of nitrogens with zero attached hydrogens (tertiary/aromatic N) is 1. The molecule has 0 aliphatic heterocycles. The van der Waals surface area contributed by atoms with E-state index in [0.29, 0.717) is 0 Å². The number of halogens is 2. The molecule has 1 aromatic carbocycles. The van der Waals surface area contributed by atoms with Gasteiger partial charge in [-0.2, -0.15) is 0 Å². The van der Waals surface area contributed by atoms with Gasteiger partial charge in [-0.3, -0.25) is 9.69 Å². The molecule has 4 nitrogen and oxygen atoms in total. The lowest BCUT2D eigenvalue weighted by atomic mass is 10.1. The Kier molecular flexibility index (Phi) is 6.54. The number of aliphatic hydroxyl groups excluding tert-OH is 1. The highest BCUT2D eigenvalue weighted by molar-refractivity contribution is 5.78. The van der Waals surface area contributed by atoms with Gasteiger partial charge in [0, 0.05) is 6.54 Å². The molecule has 20 heavy (non-hydrogen) atoms. The molecule has 0 unspecified atom stereocenters. The first kappa shape index (κ1) is 16.5. The van der Waals surface area contributed by atoms with Crippen molar-refractivity contribution in [1.82, 2.24) is 10.2 Å². The molecular formula is C14H20F2N2O2. The lowest BCUT2D eigenvalue weighted by molar-refractivity contribution is -0.122. The average Bonchev–Trinajstić information content (AvgIpc) is 2.42. The van der Waals surface area contributed by atoms with Crippen LogP contribution in [0.15, 0.2) is 18.2 Å². The third kappa shape index (κ3) is 4.54. The number of nitrogens with one attached hydrogen (secondary N) is 1. The number of carbonyl (C=O) groups is 1. The maximum absolute atomic E-state index is 13.4. The van der Waals surface area contributed by atoms with Crippen LogP contribution in [0.3, 0.4) is 0 Å². The van der Waals surface area contributed by atoms with Gasteiger partial charge < -0.3 is 10.4 Å². The zero-order valence-electron chi connectivity index (χ0n) is 11.7. The lowest BCUT2D eigenvalue weighted by Gasteiger charge is -2.18. The van der Waals surface area contributed by atoms with Gasteiger partial charge in [0.1, 0.15) is 17.7 Å². The van der Waals surface area contributed by atoms with E-state index in [4.69, 9.17) is 0 Å². The van der Waals surface area contributed by atoms with Crippen LogP contribution in [-0.4, -0.2) is 42.1 Å². The second-order valence-electron chi connectivity index (χ2n) is 4.42. The third-order valence-electron chi connectivity index (χ3n) is 3.09. The normalized spacial score (nSPS) is 12.5. The van der Waals surface area contributed by atoms with Crippen LogP contribution in [-0.2, 0) is 4.79 Å². The van der Waals surface area contributed by atoms with Gasteiger partial charge in [0.2, 0.25) is 5.91 Å². The fraction of sp³-hybridized carbons (Fsp3) is 0.500. The van der Waals surface area contributed by atoms with Crippen LogP contribution in [0.1, 0.15) is 25.5 Å². The van der Waals surface area contributed by atoms with Crippen molar-refractivity contribution < 1.29 is 18.7 Å². The molecule has 1 amide bonds. The Labute approximate surface area is 117 Å². The Balaban J connectivity index is 2.55. The van der Waals surface area contributed by atoms with Crippen molar-refractivity contribution in [3.8, 4) is 0 Å². The summed E-state index contributed by atoms with van der Waals surface area (Å²) in [6, 6.07) is 3.36. The molecule has 0 aliphatic carbocycles. The van der Waals surface area contributed by atoms with Gasteiger partial charge in [0.25, 0.3) is 0 Å². The summed E-state index contributed by atoms with van der Waals surface area (Å²) in [7, 11) is 0. The van der Waals surface area contributed by atoms with Crippen LogP contribution >= 0.6 is 0 Å². The molecule has 1 rings (SSSR count). The van der Waals surface area contributed by atoms with Crippen molar-refractivity contribution in [1.29, 1.82) is 0 Å². The van der Waals surface area contributed by atoms with E-state index in [9.17, 15) is 18.7 Å². The molecular weight excluding hydrogens is 266 g/mol. The molecule has 112 valence electrons. The van der Waals surface area contributed by atoms with Gasteiger partial charge in [-0.25, -0.2) is 8.78 Å². The first-order valence-corrected chi connectivity index (χ1v) is 6.60. The predicted molar refractivity (Wildman–Crippen MR) is 72.1 cm³/mol. The minimum atomic E-state index is -1.41. The first-order chi connectivity index (χ1) is 9.49. The van der Waals surface area contributed by atoms with E-state index in [0.717, 1.165) is 25.2 Å². The molecule has 0 spiro atoms. The smallest absolute Gasteiger partial charge is 0.234 e. The van der Waals surface area contributed by atoms with Gasteiger partial charge >= 0.3 is 0 Å². The molecule has 0 bridgehead atoms. The highest BCUT2D eigenvalue weighted by Gasteiger charge is 2.18. The number of carbonyl (C=O) groups excluding carboxylic acids is 1. The zero-order chi connectivity index (χ0) is 15.1. The van der Waals surface area contributed by atoms with Crippen molar-refractivity contribution in [2.75, 3.05) is 26.2 Å². The molecule has 1 atom stereocenters. The van der Waals surface area contributed by atoms with Crippen molar-refractivity contribution in [2.24, 2.45) is 0 Å². The number of hydrogen-bond donors (Lipinski definition) is 2. The minimum Gasteiger partial charge on any atom is -0.386 e. The number of hydrogen-bond acceptors (Lipinski definition) is 3. The minimum absolute atomic E-state index is 0.194. The summed E-state index contributed by atoms with van der Waals surface area (Å²) >= 11 is 0. The summed E-state index contributed by atoms with van der Waals surface area (Å²) in [5, 5.41) is 12.2. The molecule has 0 aromatic heterocycles. The van der Waals surface area contributed by atoms with E-state index in [2.05, 4.69) is 5.32 Å². The molecule has 0 heterocycles. The Morgan fingerprint density at radius 2 is 1.85 bits per heavy atom. The highest BCUT2D eigenvalue weighted by atomic mass is 19.1. The van der Waals surface area contributed by atoms with E-state index in [1.54, 1.807) is 0 Å². The van der Waals surface area contributed by atoms with Gasteiger partial charge in [-0.05, 0) is 25.2 Å². The standard InChI is InChI=1S/C14H20F2N2O2/c1-3-18(4-2)9-13(20)17-8-12(19)14-10(15)6-5-7-11(14)16/h5-7,12,19H,3-4,8-9H2,1-2H3,(H,17,20)/t12-/m0/s1. The van der Waals surface area contributed by atoms with Crippen LogP contribution in [0.5, 0.6) is 0 Å². The molecule has 6 heteroatoms. The Morgan fingerprint density at radius 3 is 2.35 bits per heavy atom. The summed E-state index contributed by atoms with van der Waals surface area (Å²) in [4.78, 5) is 13.5. The molecule has 0 saturated heterocycles. The van der Waals surface area contributed by atoms with Crippen LogP contribution in [0.2, 0.25) is 0 Å². The summed E-state index contributed by atoms with van der Waals surface area (Å²) in [6.07, 6.45) is -1.41. The first-order valence-electron chi connectivity index (χ1n) is 6.60. The van der Waals surface area contributed by atoms with Gasteiger partial charge in [0.15, 0.2) is 0 Å². The van der Waals surface area contributed by atoms with Crippen molar-refractivity contribution in [2.45, 2.75) is 20.0 Å². The van der Waals surface area contributed by atoms with Crippen LogP contribution in [0.25, 0.3) is 0 Å². The number of benzene rings is 1. The maximum atomic E-state index is 13.4. The van der Waals surface area contributed by atoms with E-state index in [-0.39, 0.29) is 19.0 Å². The van der Waals surface area contributed by atoms with E-state index in [1.165, 1.54) is 6.07 Å². The Bertz CT molecular complexity index is 431. The fourth-order valence-electron chi connectivity index (χ4n) is 1.85. The van der Waals surface area contributed by atoms with Crippen LogP contribution in [0, 0.1) is 11.6 Å². The monoisotopic (exact) mass is 286 g/mol. The van der Waals surface area contributed by atoms with Crippen molar-refractivity contribution in [3.63, 3.8) is 0 Å². The Hall–Kier alpha value is -1.53. The maximum Gasteiger partial charge on any atom is 0.234 e. The second-order valence-corrected chi connectivity index (χ2v) is 4.42. The van der Waals surface area contributed by atoms with Crippen molar-refractivity contribution >= 4 is 5.91 Å². The zero-order valence-corrected chi connectivity index (χ0v) is 11.7. The van der Waals surface area contributed by atoms with E-state index >= 15 is 0 Å². The molecule has 1 aromatic rings. The quantitative estimate of drug-likeness (QED) is 0.798. The third-order valence-corrected chi connectivity index (χ3v) is 3.09. The molecule has 0 radical (unpaired) electrons. The molecule has 0 aliphatic rings. The largest absolute Gasteiger partial charge is 0.386 e. The second kappa shape index (κ2) is 7.91. The SMILES string of the molecule is CCN(CC)CC(=O)NC[C@H](O)c1c(F)cccc1F. The fourth-order valence-corrected chi connectivity index (χ4v) is 1.85. The van der Waals surface area contributed by atoms with Gasteiger partial charge in [-0.15, -0.1) is 0 Å². The van der Waals surface area contributed by atoms with Gasteiger partial charge in [0.05, 0.1) is 12.1 Å². The lowest BCUT2D eigenvalue weighted by Crippen LogP contribution is -2.38. The summed E-state index contributed by atoms with van der Waals surface area (Å²) in [5.74, 6) is -1.93. The van der Waals surface area contributed by atoms with Gasteiger partial charge in [-0.1, -0.05) is 19.9 Å².